The molecule has 13 heavy (non-hydrogen) atoms. The lowest BCUT2D eigenvalue weighted by Crippen LogP contribution is -2.11. The minimum absolute atomic E-state index is 0.0907. The minimum Gasteiger partial charge on any atom is -0.392 e. The molecule has 0 aliphatic heterocycles. The first-order valence-electron chi connectivity index (χ1n) is 4.93. The van der Waals surface area contributed by atoms with Crippen molar-refractivity contribution in [1.82, 2.24) is 0 Å². The SMILES string of the molecule is Cc1csc(C)c1[C@@H]1CCC[C@H]1O. The molecule has 1 aromatic heterocycles. The third-order valence-corrected chi connectivity index (χ3v) is 4.11. The molecule has 2 rings (SSSR count). The first-order valence-corrected chi connectivity index (χ1v) is 5.80. The van der Waals surface area contributed by atoms with Crippen LogP contribution in [0.15, 0.2) is 5.38 Å². The third kappa shape index (κ3) is 1.53. The molecule has 1 aromatic rings. The molecule has 2 heteroatoms. The Morgan fingerprint density at radius 2 is 2.15 bits per heavy atom. The summed E-state index contributed by atoms with van der Waals surface area (Å²) in [5.74, 6) is 0.422. The fraction of sp³-hybridized carbons (Fsp3) is 0.636. The van der Waals surface area contributed by atoms with Gasteiger partial charge in [0.05, 0.1) is 6.10 Å². The van der Waals surface area contributed by atoms with E-state index < -0.39 is 0 Å². The van der Waals surface area contributed by atoms with Crippen molar-refractivity contribution < 1.29 is 5.11 Å². The van der Waals surface area contributed by atoms with Crippen molar-refractivity contribution in [1.29, 1.82) is 0 Å². The molecule has 2 atom stereocenters. The molecule has 1 saturated carbocycles. The minimum atomic E-state index is -0.0907. The zero-order valence-corrected chi connectivity index (χ0v) is 9.03. The first-order chi connectivity index (χ1) is 6.20. The van der Waals surface area contributed by atoms with Crippen molar-refractivity contribution in [2.45, 2.75) is 45.1 Å². The van der Waals surface area contributed by atoms with Crippen molar-refractivity contribution in [3.05, 3.63) is 21.4 Å². The Labute approximate surface area is 83.4 Å². The Hall–Kier alpha value is -0.340. The number of aliphatic hydroxyl groups is 1. The van der Waals surface area contributed by atoms with Gasteiger partial charge in [-0.2, -0.15) is 0 Å². The van der Waals surface area contributed by atoms with Crippen LogP contribution in [0.2, 0.25) is 0 Å². The second-order valence-electron chi connectivity index (χ2n) is 3.99. The Morgan fingerprint density at radius 1 is 1.38 bits per heavy atom. The molecule has 0 radical (unpaired) electrons. The number of aliphatic hydroxyl groups excluding tert-OH is 1. The molecular formula is C11H16OS. The number of thiophene rings is 1. The summed E-state index contributed by atoms with van der Waals surface area (Å²) in [5, 5.41) is 12.0. The highest BCUT2D eigenvalue weighted by Gasteiger charge is 2.29. The van der Waals surface area contributed by atoms with E-state index in [0.29, 0.717) is 5.92 Å². The second-order valence-corrected chi connectivity index (χ2v) is 5.08. The summed E-state index contributed by atoms with van der Waals surface area (Å²) in [6, 6.07) is 0. The van der Waals surface area contributed by atoms with E-state index in [9.17, 15) is 5.11 Å². The summed E-state index contributed by atoms with van der Waals surface area (Å²) in [6.45, 7) is 4.32. The normalized spacial score (nSPS) is 28.2. The van der Waals surface area contributed by atoms with E-state index in [2.05, 4.69) is 19.2 Å². The Balaban J connectivity index is 2.33. The molecule has 0 bridgehead atoms. The molecule has 72 valence electrons. The topological polar surface area (TPSA) is 20.2 Å². The zero-order chi connectivity index (χ0) is 9.42. The van der Waals surface area contributed by atoms with Crippen LogP contribution in [0.25, 0.3) is 0 Å². The van der Waals surface area contributed by atoms with Crippen LogP contribution >= 0.6 is 11.3 Å². The lowest BCUT2D eigenvalue weighted by atomic mass is 9.93. The number of aryl methyl sites for hydroxylation is 2. The Morgan fingerprint density at radius 3 is 2.62 bits per heavy atom. The summed E-state index contributed by atoms with van der Waals surface area (Å²) in [4.78, 5) is 1.39. The molecule has 1 heterocycles. The van der Waals surface area contributed by atoms with Crippen LogP contribution < -0.4 is 0 Å². The average molecular weight is 196 g/mol. The van der Waals surface area contributed by atoms with Gasteiger partial charge in [0.15, 0.2) is 0 Å². The molecule has 0 aromatic carbocycles. The van der Waals surface area contributed by atoms with Gasteiger partial charge < -0.3 is 5.11 Å². The Bertz CT molecular complexity index is 284. The van der Waals surface area contributed by atoms with Crippen LogP contribution in [0.3, 0.4) is 0 Å². The van der Waals surface area contributed by atoms with E-state index in [1.807, 2.05) is 11.3 Å². The Kier molecular flexibility index (Phi) is 2.43. The molecule has 1 nitrogen and oxygen atoms in total. The predicted molar refractivity (Wildman–Crippen MR) is 56.4 cm³/mol. The molecule has 0 saturated heterocycles. The first kappa shape index (κ1) is 9.22. The highest BCUT2D eigenvalue weighted by molar-refractivity contribution is 7.10. The molecule has 0 unspecified atom stereocenters. The molecule has 0 amide bonds. The summed E-state index contributed by atoms with van der Waals surface area (Å²) in [5.41, 5.74) is 2.79. The predicted octanol–water partition coefficient (Wildman–Crippen LogP) is 2.99. The molecule has 0 spiro atoms. The smallest absolute Gasteiger partial charge is 0.0609 e. The maximum Gasteiger partial charge on any atom is 0.0609 e. The van der Waals surface area contributed by atoms with E-state index in [1.165, 1.54) is 28.8 Å². The maximum absolute atomic E-state index is 9.81. The van der Waals surface area contributed by atoms with Crippen molar-refractivity contribution >= 4 is 11.3 Å². The van der Waals surface area contributed by atoms with Gasteiger partial charge in [-0.3, -0.25) is 0 Å². The van der Waals surface area contributed by atoms with Gasteiger partial charge in [0, 0.05) is 10.8 Å². The fourth-order valence-electron chi connectivity index (χ4n) is 2.41. The monoisotopic (exact) mass is 196 g/mol. The van der Waals surface area contributed by atoms with Gasteiger partial charge in [0.25, 0.3) is 0 Å². The highest BCUT2D eigenvalue weighted by atomic mass is 32.1. The van der Waals surface area contributed by atoms with Crippen LogP contribution in [-0.4, -0.2) is 11.2 Å². The van der Waals surface area contributed by atoms with Crippen molar-refractivity contribution in [2.75, 3.05) is 0 Å². The van der Waals surface area contributed by atoms with Crippen molar-refractivity contribution in [3.63, 3.8) is 0 Å². The van der Waals surface area contributed by atoms with Crippen LogP contribution in [0, 0.1) is 13.8 Å². The van der Waals surface area contributed by atoms with E-state index in [0.717, 1.165) is 6.42 Å². The van der Waals surface area contributed by atoms with Gasteiger partial charge in [0.1, 0.15) is 0 Å². The van der Waals surface area contributed by atoms with Crippen molar-refractivity contribution in [2.24, 2.45) is 0 Å². The summed E-state index contributed by atoms with van der Waals surface area (Å²) >= 11 is 1.81. The number of rotatable bonds is 1. The second kappa shape index (κ2) is 3.43. The molecule has 1 fully saturated rings. The van der Waals surface area contributed by atoms with Crippen LogP contribution in [-0.2, 0) is 0 Å². The molecular weight excluding hydrogens is 180 g/mol. The molecule has 1 aliphatic rings. The van der Waals surface area contributed by atoms with Gasteiger partial charge in [-0.15, -0.1) is 11.3 Å². The van der Waals surface area contributed by atoms with E-state index in [-0.39, 0.29) is 6.10 Å². The maximum atomic E-state index is 9.81. The third-order valence-electron chi connectivity index (χ3n) is 3.07. The highest BCUT2D eigenvalue weighted by Crippen LogP contribution is 2.39. The average Bonchev–Trinajstić information content (AvgIpc) is 2.60. The van der Waals surface area contributed by atoms with E-state index >= 15 is 0 Å². The molecule has 1 aliphatic carbocycles. The van der Waals surface area contributed by atoms with Gasteiger partial charge in [-0.1, -0.05) is 6.42 Å². The van der Waals surface area contributed by atoms with Crippen LogP contribution in [0.4, 0.5) is 0 Å². The van der Waals surface area contributed by atoms with Crippen molar-refractivity contribution in [3.8, 4) is 0 Å². The lowest BCUT2D eigenvalue weighted by molar-refractivity contribution is 0.163. The largest absolute Gasteiger partial charge is 0.392 e. The standard InChI is InChI=1S/C11H16OS/c1-7-6-13-8(2)11(7)9-4-3-5-10(9)12/h6,9-10,12H,3-5H2,1-2H3/t9-,10-/m1/s1. The number of hydrogen-bond acceptors (Lipinski definition) is 2. The number of hydrogen-bond donors (Lipinski definition) is 1. The van der Waals surface area contributed by atoms with Gasteiger partial charge in [0.2, 0.25) is 0 Å². The zero-order valence-electron chi connectivity index (χ0n) is 8.21. The molecule has 1 N–H and O–H groups in total. The summed E-state index contributed by atoms with van der Waals surface area (Å²) in [7, 11) is 0. The van der Waals surface area contributed by atoms with Gasteiger partial charge in [-0.25, -0.2) is 0 Å². The van der Waals surface area contributed by atoms with Crippen LogP contribution in [0.5, 0.6) is 0 Å². The van der Waals surface area contributed by atoms with Gasteiger partial charge >= 0.3 is 0 Å². The summed E-state index contributed by atoms with van der Waals surface area (Å²) in [6.07, 6.45) is 3.24. The quantitative estimate of drug-likeness (QED) is 0.732. The van der Waals surface area contributed by atoms with Crippen LogP contribution in [0.1, 0.15) is 41.2 Å². The van der Waals surface area contributed by atoms with E-state index in [4.69, 9.17) is 0 Å². The van der Waals surface area contributed by atoms with E-state index in [1.54, 1.807) is 0 Å². The fourth-order valence-corrected chi connectivity index (χ4v) is 3.33. The van der Waals surface area contributed by atoms with Gasteiger partial charge in [-0.05, 0) is 43.2 Å². The summed E-state index contributed by atoms with van der Waals surface area (Å²) < 4.78 is 0. The lowest BCUT2D eigenvalue weighted by Gasteiger charge is -2.15.